The number of carbonyl (C=O) groups is 4. The average Bonchev–Trinajstić information content (AvgIpc) is 3.46. The number of ketones is 1. The molecule has 10 heteroatoms. The van der Waals surface area contributed by atoms with Crippen LogP contribution in [0, 0.1) is 17.8 Å². The minimum Gasteiger partial charge on any atom is -0.477 e. The number of hydrogen-bond acceptors (Lipinski definition) is 6. The van der Waals surface area contributed by atoms with Crippen molar-refractivity contribution < 1.29 is 28.7 Å². The lowest BCUT2D eigenvalue weighted by atomic mass is 9.73. The Balaban J connectivity index is 1.44. The molecule has 182 valence electrons. The van der Waals surface area contributed by atoms with Gasteiger partial charge in [0.05, 0.1) is 24.5 Å². The molecule has 4 aliphatic heterocycles. The van der Waals surface area contributed by atoms with Crippen molar-refractivity contribution in [3.63, 3.8) is 0 Å². The molecule has 33 heavy (non-hydrogen) atoms. The van der Waals surface area contributed by atoms with Gasteiger partial charge in [0.15, 0.2) is 0 Å². The lowest BCUT2D eigenvalue weighted by Crippen LogP contribution is -2.62. The summed E-state index contributed by atoms with van der Waals surface area (Å²) in [5, 5.41) is 13.1. The summed E-state index contributed by atoms with van der Waals surface area (Å²) in [6, 6.07) is -0.645. The van der Waals surface area contributed by atoms with Crippen LogP contribution in [0.4, 0.5) is 4.39 Å². The van der Waals surface area contributed by atoms with Gasteiger partial charge in [-0.15, -0.1) is 11.8 Å². The number of nitrogens with one attached hydrogen (secondary N) is 1. The number of carboxylic acid groups (broad SMARTS) is 1. The third-order valence-corrected chi connectivity index (χ3v) is 8.98. The number of halogens is 1. The van der Waals surface area contributed by atoms with Crippen molar-refractivity contribution in [2.24, 2.45) is 17.8 Å². The molecule has 2 amide bonds. The van der Waals surface area contributed by atoms with E-state index in [4.69, 9.17) is 0 Å². The highest BCUT2D eigenvalue weighted by atomic mass is 32.2. The first-order valence-corrected chi connectivity index (χ1v) is 12.7. The topological polar surface area (TPSA) is 107 Å². The van der Waals surface area contributed by atoms with E-state index < -0.39 is 18.2 Å². The van der Waals surface area contributed by atoms with E-state index in [1.165, 1.54) is 16.7 Å². The van der Waals surface area contributed by atoms with Gasteiger partial charge in [0.25, 0.3) is 0 Å². The number of Topliss-reactive ketones (excluding diaryl/α,β-unsaturated/α-hetero) is 1. The molecule has 2 N–H and O–H groups in total. The first-order chi connectivity index (χ1) is 15.6. The van der Waals surface area contributed by atoms with Gasteiger partial charge in [-0.3, -0.25) is 14.4 Å². The van der Waals surface area contributed by atoms with Gasteiger partial charge >= 0.3 is 5.97 Å². The predicted octanol–water partition coefficient (Wildman–Crippen LogP) is 1.80. The zero-order chi connectivity index (χ0) is 24.0. The molecular weight excluding hydrogens is 449 g/mol. The molecule has 7 atom stereocenters. The molecule has 0 saturated carbocycles. The highest BCUT2D eigenvalue weighted by molar-refractivity contribution is 8.03. The summed E-state index contributed by atoms with van der Waals surface area (Å²) in [7, 11) is 0. The van der Waals surface area contributed by atoms with Gasteiger partial charge in [-0.1, -0.05) is 20.8 Å². The maximum absolute atomic E-state index is 13.5. The van der Waals surface area contributed by atoms with E-state index in [9.17, 15) is 28.7 Å². The van der Waals surface area contributed by atoms with Crippen LogP contribution in [0.15, 0.2) is 10.6 Å². The van der Waals surface area contributed by atoms with Crippen molar-refractivity contribution >= 4 is 35.3 Å². The number of thioether (sulfide) groups is 1. The van der Waals surface area contributed by atoms with Crippen molar-refractivity contribution in [2.75, 3.05) is 19.6 Å². The minimum atomic E-state index is -1.12. The van der Waals surface area contributed by atoms with Crippen LogP contribution in [-0.4, -0.2) is 81.6 Å². The normalized spacial score (nSPS) is 34.5. The Bertz CT molecular complexity index is 895. The Morgan fingerprint density at radius 2 is 2.06 bits per heavy atom. The number of carbonyl (C=O) groups excluding carboxylic acids is 3. The van der Waals surface area contributed by atoms with Crippen LogP contribution in [0.5, 0.6) is 0 Å². The van der Waals surface area contributed by atoms with Crippen molar-refractivity contribution in [3.8, 4) is 0 Å². The fourth-order valence-electron chi connectivity index (χ4n) is 5.70. The molecule has 0 aromatic rings. The SMILES string of the molecule is CCC(=O)C[C@H](C)[C@H]1C(=O)N2C(C(=O)O)=C(SC3CN[C@H](C(=O)N4CC[C@H](F)C4)C3)[C@H](C)[C@H]12. The van der Waals surface area contributed by atoms with Crippen LogP contribution in [0.3, 0.4) is 0 Å². The molecule has 0 aromatic heterocycles. The van der Waals surface area contributed by atoms with Gasteiger partial charge in [-0.2, -0.15) is 0 Å². The minimum absolute atomic E-state index is 0.0131. The predicted molar refractivity (Wildman–Crippen MR) is 121 cm³/mol. The van der Waals surface area contributed by atoms with Crippen LogP contribution in [0.1, 0.15) is 46.5 Å². The Kier molecular flexibility index (Phi) is 6.87. The fraction of sp³-hybridized carbons (Fsp3) is 0.739. The van der Waals surface area contributed by atoms with Gasteiger partial charge in [0.2, 0.25) is 11.8 Å². The van der Waals surface area contributed by atoms with E-state index >= 15 is 0 Å². The second kappa shape index (κ2) is 9.37. The molecule has 1 unspecified atom stereocenters. The van der Waals surface area contributed by atoms with Crippen LogP contribution in [0.25, 0.3) is 0 Å². The van der Waals surface area contributed by atoms with Gasteiger partial charge in [-0.25, -0.2) is 9.18 Å². The van der Waals surface area contributed by atoms with Gasteiger partial charge in [-0.05, 0) is 18.8 Å². The molecule has 0 aromatic carbocycles. The molecule has 0 spiro atoms. The number of likely N-dealkylation sites (tertiary alicyclic amines) is 1. The number of alkyl halides is 1. The van der Waals surface area contributed by atoms with Crippen molar-refractivity contribution in [3.05, 3.63) is 10.6 Å². The first kappa shape index (κ1) is 24.2. The highest BCUT2D eigenvalue weighted by Gasteiger charge is 2.60. The third kappa shape index (κ3) is 4.32. The Labute approximate surface area is 197 Å². The number of carboxylic acids is 1. The number of aliphatic carboxylic acids is 1. The van der Waals surface area contributed by atoms with E-state index in [0.717, 1.165) is 0 Å². The van der Waals surface area contributed by atoms with Crippen molar-refractivity contribution in [2.45, 2.75) is 70.0 Å². The number of fused-ring (bicyclic) bond motifs is 1. The molecule has 0 radical (unpaired) electrons. The average molecular weight is 482 g/mol. The number of hydrogen-bond donors (Lipinski definition) is 2. The van der Waals surface area contributed by atoms with E-state index in [0.29, 0.717) is 43.7 Å². The Hall–Kier alpha value is -1.94. The molecular formula is C23H32FN3O5S. The van der Waals surface area contributed by atoms with E-state index in [2.05, 4.69) is 5.32 Å². The largest absolute Gasteiger partial charge is 0.477 e. The zero-order valence-corrected chi connectivity index (χ0v) is 20.1. The number of rotatable bonds is 8. The quantitative estimate of drug-likeness (QED) is 0.509. The van der Waals surface area contributed by atoms with Gasteiger partial charge in [0.1, 0.15) is 17.7 Å². The summed E-state index contributed by atoms with van der Waals surface area (Å²) in [6.07, 6.45) is 0.684. The number of amides is 2. The van der Waals surface area contributed by atoms with Gasteiger partial charge < -0.3 is 20.2 Å². The van der Waals surface area contributed by atoms with Crippen LogP contribution < -0.4 is 5.32 Å². The molecule has 3 fully saturated rings. The molecule has 4 heterocycles. The molecule has 3 saturated heterocycles. The van der Waals surface area contributed by atoms with Crippen LogP contribution in [-0.2, 0) is 19.2 Å². The lowest BCUT2D eigenvalue weighted by Gasteiger charge is -2.47. The van der Waals surface area contributed by atoms with E-state index in [1.807, 2.05) is 13.8 Å². The lowest BCUT2D eigenvalue weighted by molar-refractivity contribution is -0.160. The maximum atomic E-state index is 13.5. The smallest absolute Gasteiger partial charge is 0.353 e. The van der Waals surface area contributed by atoms with E-state index in [-0.39, 0.29) is 58.9 Å². The molecule has 4 aliphatic rings. The maximum Gasteiger partial charge on any atom is 0.353 e. The van der Waals surface area contributed by atoms with Crippen molar-refractivity contribution in [1.82, 2.24) is 15.1 Å². The second-order valence-corrected chi connectivity index (χ2v) is 11.1. The highest BCUT2D eigenvalue weighted by Crippen LogP contribution is 2.53. The Morgan fingerprint density at radius 1 is 1.33 bits per heavy atom. The summed E-state index contributed by atoms with van der Waals surface area (Å²) in [4.78, 5) is 53.3. The summed E-state index contributed by atoms with van der Waals surface area (Å²) < 4.78 is 13.5. The number of β-lactam (4-membered cyclic amide) rings is 1. The first-order valence-electron chi connectivity index (χ1n) is 11.8. The third-order valence-electron chi connectivity index (χ3n) is 7.47. The molecule has 0 aliphatic carbocycles. The standard InChI is InChI=1S/C23H32FN3O5S/c1-4-14(28)7-11(2)17-18-12(3)20(19(23(31)32)27(18)22(17)30)33-15-8-16(25-9-15)21(29)26-6-5-13(24)10-26/h11-13,15-18,25H,4-10H2,1-3H3,(H,31,32)/t11-,12+,13-,15?,16-,17+,18+/m0/s1. The second-order valence-electron chi connectivity index (χ2n) is 9.71. The fourth-order valence-corrected chi connectivity index (χ4v) is 7.18. The summed E-state index contributed by atoms with van der Waals surface area (Å²) >= 11 is 1.44. The monoisotopic (exact) mass is 481 g/mol. The van der Waals surface area contributed by atoms with Crippen LogP contribution >= 0.6 is 11.8 Å². The summed E-state index contributed by atoms with van der Waals surface area (Å²) in [6.45, 7) is 6.75. The number of nitrogens with zero attached hydrogens (tertiary/aromatic N) is 2. The van der Waals surface area contributed by atoms with Gasteiger partial charge in [0, 0.05) is 42.0 Å². The zero-order valence-electron chi connectivity index (χ0n) is 19.3. The van der Waals surface area contributed by atoms with Crippen molar-refractivity contribution in [1.29, 1.82) is 0 Å². The summed E-state index contributed by atoms with van der Waals surface area (Å²) in [5.74, 6) is -1.98. The molecule has 8 nitrogen and oxygen atoms in total. The summed E-state index contributed by atoms with van der Waals surface area (Å²) in [5.41, 5.74) is 0.0439. The molecule has 4 rings (SSSR count). The van der Waals surface area contributed by atoms with E-state index in [1.54, 1.807) is 11.8 Å². The van der Waals surface area contributed by atoms with Crippen LogP contribution in [0.2, 0.25) is 0 Å². The molecule has 0 bridgehead atoms. The Morgan fingerprint density at radius 3 is 2.67 bits per heavy atom.